The Bertz CT molecular complexity index is 418. The van der Waals surface area contributed by atoms with Crippen LogP contribution in [0.15, 0.2) is 11.6 Å². The fourth-order valence-electron chi connectivity index (χ4n) is 2.60. The van der Waals surface area contributed by atoms with Gasteiger partial charge in [0.25, 0.3) is 0 Å². The number of hydrogen-bond donors (Lipinski definition) is 2. The molecule has 0 heterocycles. The van der Waals surface area contributed by atoms with Gasteiger partial charge >= 0.3 is 5.97 Å². The van der Waals surface area contributed by atoms with E-state index in [-0.39, 0.29) is 30.1 Å². The molecule has 3 unspecified atom stereocenters. The number of carbonyl (C=O) groups excluding carboxylic acids is 2. The molecule has 0 aliphatic heterocycles. The van der Waals surface area contributed by atoms with E-state index in [4.69, 9.17) is 15.2 Å². The Morgan fingerprint density at radius 3 is 2.50 bits per heavy atom. The van der Waals surface area contributed by atoms with Gasteiger partial charge in [-0.25, -0.2) is 4.79 Å². The summed E-state index contributed by atoms with van der Waals surface area (Å²) >= 11 is 0. The van der Waals surface area contributed by atoms with Gasteiger partial charge in [0, 0.05) is 18.9 Å². The largest absolute Gasteiger partial charge is 0.463 e. The van der Waals surface area contributed by atoms with Crippen molar-refractivity contribution in [3.8, 4) is 0 Å². The maximum Gasteiger partial charge on any atom is 0.333 e. The van der Waals surface area contributed by atoms with E-state index in [0.717, 1.165) is 12.8 Å². The predicted molar refractivity (Wildman–Crippen MR) is 84.2 cm³/mol. The lowest BCUT2D eigenvalue weighted by atomic mass is 9.88. The Balaban J connectivity index is 2.95. The number of ether oxygens (including phenoxy) is 2. The van der Waals surface area contributed by atoms with E-state index in [9.17, 15) is 9.59 Å². The molecule has 126 valence electrons. The molecule has 0 saturated heterocycles. The molecule has 22 heavy (non-hydrogen) atoms. The van der Waals surface area contributed by atoms with E-state index >= 15 is 0 Å². The molecule has 3 N–H and O–H groups in total. The van der Waals surface area contributed by atoms with E-state index in [1.807, 2.05) is 13.8 Å². The van der Waals surface area contributed by atoms with Crippen LogP contribution in [-0.4, -0.2) is 42.8 Å². The number of hydrogen-bond acceptors (Lipinski definition) is 5. The SMILES string of the molecule is CCOC(=O)C1=CC(OC(CC)CC)C(N)C(NC(C)=O)C1. The number of nitrogens with one attached hydrogen (secondary N) is 1. The molecule has 6 heteroatoms. The van der Waals surface area contributed by atoms with Gasteiger partial charge < -0.3 is 20.5 Å². The molecular formula is C16H28N2O4. The molecule has 0 bridgehead atoms. The minimum Gasteiger partial charge on any atom is -0.463 e. The van der Waals surface area contributed by atoms with Crippen LogP contribution >= 0.6 is 0 Å². The lowest BCUT2D eigenvalue weighted by molar-refractivity contribution is -0.139. The Labute approximate surface area is 132 Å². The first kappa shape index (κ1) is 18.6. The summed E-state index contributed by atoms with van der Waals surface area (Å²) in [5, 5.41) is 2.81. The summed E-state index contributed by atoms with van der Waals surface area (Å²) in [7, 11) is 0. The molecule has 0 radical (unpaired) electrons. The first-order chi connectivity index (χ1) is 10.4. The van der Waals surface area contributed by atoms with Crippen molar-refractivity contribution in [2.24, 2.45) is 5.73 Å². The van der Waals surface area contributed by atoms with Gasteiger partial charge in [0.15, 0.2) is 0 Å². The second kappa shape index (κ2) is 8.90. The van der Waals surface area contributed by atoms with Crippen molar-refractivity contribution in [2.75, 3.05) is 6.61 Å². The average molecular weight is 312 g/mol. The van der Waals surface area contributed by atoms with Crippen molar-refractivity contribution in [3.05, 3.63) is 11.6 Å². The molecule has 0 spiro atoms. The number of amides is 1. The van der Waals surface area contributed by atoms with Gasteiger partial charge in [-0.2, -0.15) is 0 Å². The maximum atomic E-state index is 12.0. The smallest absolute Gasteiger partial charge is 0.333 e. The zero-order chi connectivity index (χ0) is 16.7. The second-order valence-electron chi connectivity index (χ2n) is 5.54. The number of carbonyl (C=O) groups is 2. The van der Waals surface area contributed by atoms with Crippen molar-refractivity contribution in [2.45, 2.75) is 71.2 Å². The van der Waals surface area contributed by atoms with Gasteiger partial charge in [-0.1, -0.05) is 13.8 Å². The Morgan fingerprint density at radius 2 is 2.00 bits per heavy atom. The summed E-state index contributed by atoms with van der Waals surface area (Å²) in [5.74, 6) is -0.547. The quantitative estimate of drug-likeness (QED) is 0.691. The normalized spacial score (nSPS) is 24.8. The second-order valence-corrected chi connectivity index (χ2v) is 5.54. The molecule has 1 rings (SSSR count). The number of rotatable bonds is 7. The molecule has 0 aromatic rings. The molecular weight excluding hydrogens is 284 g/mol. The van der Waals surface area contributed by atoms with E-state index < -0.39 is 6.10 Å². The Kier molecular flexibility index (Phi) is 7.55. The molecule has 0 aromatic carbocycles. The summed E-state index contributed by atoms with van der Waals surface area (Å²) in [6, 6.07) is -0.719. The highest BCUT2D eigenvalue weighted by Gasteiger charge is 2.35. The van der Waals surface area contributed by atoms with Crippen LogP contribution in [0, 0.1) is 0 Å². The summed E-state index contributed by atoms with van der Waals surface area (Å²) < 4.78 is 11.1. The highest BCUT2D eigenvalue weighted by Crippen LogP contribution is 2.23. The molecule has 1 aliphatic carbocycles. The van der Waals surface area contributed by atoms with Crippen LogP contribution in [0.25, 0.3) is 0 Å². The van der Waals surface area contributed by atoms with Gasteiger partial charge in [0.2, 0.25) is 5.91 Å². The van der Waals surface area contributed by atoms with Crippen LogP contribution in [-0.2, 0) is 19.1 Å². The van der Waals surface area contributed by atoms with Crippen LogP contribution < -0.4 is 11.1 Å². The highest BCUT2D eigenvalue weighted by atomic mass is 16.5. The van der Waals surface area contributed by atoms with Gasteiger partial charge in [-0.15, -0.1) is 0 Å². The van der Waals surface area contributed by atoms with Crippen molar-refractivity contribution < 1.29 is 19.1 Å². The Hall–Kier alpha value is -1.40. The molecule has 1 aliphatic rings. The van der Waals surface area contributed by atoms with Gasteiger partial charge in [-0.3, -0.25) is 4.79 Å². The van der Waals surface area contributed by atoms with Crippen LogP contribution in [0.4, 0.5) is 0 Å². The molecule has 6 nitrogen and oxygen atoms in total. The monoisotopic (exact) mass is 312 g/mol. The summed E-state index contributed by atoms with van der Waals surface area (Å²) in [5.41, 5.74) is 6.74. The molecule has 1 amide bonds. The van der Waals surface area contributed by atoms with Gasteiger partial charge in [0.1, 0.15) is 0 Å². The third-order valence-corrected chi connectivity index (χ3v) is 3.84. The van der Waals surface area contributed by atoms with Crippen molar-refractivity contribution in [1.29, 1.82) is 0 Å². The van der Waals surface area contributed by atoms with Gasteiger partial charge in [0.05, 0.1) is 30.9 Å². The number of esters is 1. The van der Waals surface area contributed by atoms with E-state index in [2.05, 4.69) is 5.32 Å². The lowest BCUT2D eigenvalue weighted by Gasteiger charge is -2.36. The highest BCUT2D eigenvalue weighted by molar-refractivity contribution is 5.89. The molecule has 3 atom stereocenters. The van der Waals surface area contributed by atoms with Crippen LogP contribution in [0.1, 0.15) is 47.0 Å². The molecule has 0 fully saturated rings. The minimum absolute atomic E-state index is 0.0758. The zero-order valence-corrected chi connectivity index (χ0v) is 13.9. The van der Waals surface area contributed by atoms with Crippen molar-refractivity contribution >= 4 is 11.9 Å². The summed E-state index contributed by atoms with van der Waals surface area (Å²) in [6.45, 7) is 7.60. The first-order valence-electron chi connectivity index (χ1n) is 7.98. The topological polar surface area (TPSA) is 90.7 Å². The van der Waals surface area contributed by atoms with E-state index in [1.165, 1.54) is 6.92 Å². The van der Waals surface area contributed by atoms with Crippen LogP contribution in [0.2, 0.25) is 0 Å². The summed E-state index contributed by atoms with van der Waals surface area (Å²) in [4.78, 5) is 23.4. The van der Waals surface area contributed by atoms with Crippen LogP contribution in [0.5, 0.6) is 0 Å². The standard InChI is InChI=1S/C16H28N2O4/c1-5-12(6-2)22-14-9-11(16(20)21-7-3)8-13(15(14)17)18-10(4)19/h9,12-15H,5-8,17H2,1-4H3,(H,18,19). The fraction of sp³-hybridized carbons (Fsp3) is 0.750. The third kappa shape index (κ3) is 5.10. The van der Waals surface area contributed by atoms with Crippen molar-refractivity contribution in [3.63, 3.8) is 0 Å². The zero-order valence-electron chi connectivity index (χ0n) is 13.9. The van der Waals surface area contributed by atoms with E-state index in [1.54, 1.807) is 13.0 Å². The third-order valence-electron chi connectivity index (χ3n) is 3.84. The summed E-state index contributed by atoms with van der Waals surface area (Å²) in [6.07, 6.45) is 3.52. The lowest BCUT2D eigenvalue weighted by Crippen LogP contribution is -2.56. The van der Waals surface area contributed by atoms with Crippen LogP contribution in [0.3, 0.4) is 0 Å². The maximum absolute atomic E-state index is 12.0. The predicted octanol–water partition coefficient (Wildman–Crippen LogP) is 1.29. The van der Waals surface area contributed by atoms with Crippen molar-refractivity contribution in [1.82, 2.24) is 5.32 Å². The fourth-order valence-corrected chi connectivity index (χ4v) is 2.60. The minimum atomic E-state index is -0.407. The first-order valence-corrected chi connectivity index (χ1v) is 7.98. The molecule has 0 aromatic heterocycles. The van der Waals surface area contributed by atoms with Gasteiger partial charge in [-0.05, 0) is 25.8 Å². The molecule has 0 saturated carbocycles. The number of nitrogens with two attached hydrogens (primary N) is 1. The Morgan fingerprint density at radius 1 is 1.36 bits per heavy atom. The van der Waals surface area contributed by atoms with E-state index in [0.29, 0.717) is 18.6 Å². The average Bonchev–Trinajstić information content (AvgIpc) is 2.47.